The van der Waals surface area contributed by atoms with Gasteiger partial charge in [-0.2, -0.15) is 0 Å². The number of hydrogen-bond acceptors (Lipinski definition) is 2. The van der Waals surface area contributed by atoms with Crippen LogP contribution in [0.4, 0.5) is 0 Å². The molecule has 0 atom stereocenters. The summed E-state index contributed by atoms with van der Waals surface area (Å²) in [6, 6.07) is 10.6. The highest BCUT2D eigenvalue weighted by atomic mass is 16.3. The molecule has 0 radical (unpaired) electrons. The minimum absolute atomic E-state index is 0.397. The van der Waals surface area contributed by atoms with E-state index in [-0.39, 0.29) is 0 Å². The minimum atomic E-state index is -0.592. The molecule has 0 bridgehead atoms. The van der Waals surface area contributed by atoms with Crippen LogP contribution >= 0.6 is 0 Å². The molecule has 2 rings (SSSR count). The van der Waals surface area contributed by atoms with Crippen LogP contribution < -0.4 is 5.73 Å². The third kappa shape index (κ3) is 2.39. The van der Waals surface area contributed by atoms with Gasteiger partial charge in [-0.1, -0.05) is 30.3 Å². The Morgan fingerprint density at radius 2 is 1.80 bits per heavy atom. The van der Waals surface area contributed by atoms with E-state index in [1.165, 1.54) is 5.56 Å². The van der Waals surface area contributed by atoms with Gasteiger partial charge in [0.1, 0.15) is 0 Å². The average molecular weight is 205 g/mol. The molecule has 0 unspecified atom stereocenters. The normalized spacial score (nSPS) is 31.5. The Morgan fingerprint density at radius 3 is 2.33 bits per heavy atom. The standard InChI is InChI=1S/C13H19NO/c14-10-13(15)8-6-12(7-9-13)11-4-2-1-3-5-11/h1-5,12,15H,6-10,14H2. The number of aliphatic hydroxyl groups is 1. The van der Waals surface area contributed by atoms with Gasteiger partial charge in [-0.05, 0) is 37.2 Å². The van der Waals surface area contributed by atoms with E-state index in [1.807, 2.05) is 6.07 Å². The van der Waals surface area contributed by atoms with Gasteiger partial charge in [0.15, 0.2) is 0 Å². The Labute approximate surface area is 91.1 Å². The maximum atomic E-state index is 10.0. The van der Waals surface area contributed by atoms with Crippen molar-refractivity contribution >= 4 is 0 Å². The Kier molecular flexibility index (Phi) is 3.08. The van der Waals surface area contributed by atoms with E-state index in [4.69, 9.17) is 5.73 Å². The van der Waals surface area contributed by atoms with Crippen molar-refractivity contribution in [3.05, 3.63) is 35.9 Å². The van der Waals surface area contributed by atoms with Crippen molar-refractivity contribution in [2.24, 2.45) is 5.73 Å². The van der Waals surface area contributed by atoms with Crippen molar-refractivity contribution in [2.75, 3.05) is 6.54 Å². The summed E-state index contributed by atoms with van der Waals surface area (Å²) in [6.45, 7) is 0.397. The molecule has 82 valence electrons. The third-order valence-electron chi connectivity index (χ3n) is 3.57. The van der Waals surface area contributed by atoms with Crippen LogP contribution in [0.3, 0.4) is 0 Å². The molecule has 2 nitrogen and oxygen atoms in total. The minimum Gasteiger partial charge on any atom is -0.389 e. The molecule has 1 aromatic carbocycles. The van der Waals surface area contributed by atoms with Crippen molar-refractivity contribution < 1.29 is 5.11 Å². The zero-order chi connectivity index (χ0) is 10.7. The van der Waals surface area contributed by atoms with Crippen molar-refractivity contribution in [3.8, 4) is 0 Å². The fourth-order valence-electron chi connectivity index (χ4n) is 2.42. The molecule has 1 saturated carbocycles. The quantitative estimate of drug-likeness (QED) is 0.776. The van der Waals surface area contributed by atoms with E-state index in [2.05, 4.69) is 24.3 Å². The SMILES string of the molecule is NCC1(O)CCC(c2ccccc2)CC1. The van der Waals surface area contributed by atoms with Crippen LogP contribution in [0.5, 0.6) is 0 Å². The van der Waals surface area contributed by atoms with E-state index in [1.54, 1.807) is 0 Å². The molecule has 0 aromatic heterocycles. The number of rotatable bonds is 2. The molecule has 0 heterocycles. The van der Waals surface area contributed by atoms with Gasteiger partial charge in [0.05, 0.1) is 5.60 Å². The Morgan fingerprint density at radius 1 is 1.20 bits per heavy atom. The maximum absolute atomic E-state index is 10.0. The first-order chi connectivity index (χ1) is 7.23. The second-order valence-corrected chi connectivity index (χ2v) is 4.61. The zero-order valence-electron chi connectivity index (χ0n) is 9.02. The van der Waals surface area contributed by atoms with Crippen LogP contribution in [-0.4, -0.2) is 17.3 Å². The Balaban J connectivity index is 2.00. The molecule has 1 aromatic rings. The topological polar surface area (TPSA) is 46.2 Å². The summed E-state index contributed by atoms with van der Waals surface area (Å²) in [4.78, 5) is 0. The lowest BCUT2D eigenvalue weighted by Crippen LogP contribution is -2.40. The molecule has 3 N–H and O–H groups in total. The van der Waals surface area contributed by atoms with Gasteiger partial charge in [0.25, 0.3) is 0 Å². The van der Waals surface area contributed by atoms with Gasteiger partial charge in [-0.25, -0.2) is 0 Å². The van der Waals surface area contributed by atoms with E-state index in [0.29, 0.717) is 12.5 Å². The molecule has 1 aliphatic carbocycles. The molecule has 0 aliphatic heterocycles. The molecule has 0 saturated heterocycles. The highest BCUT2D eigenvalue weighted by Gasteiger charge is 2.32. The zero-order valence-corrected chi connectivity index (χ0v) is 9.02. The molecule has 15 heavy (non-hydrogen) atoms. The summed E-state index contributed by atoms with van der Waals surface area (Å²) in [5.74, 6) is 0.609. The largest absolute Gasteiger partial charge is 0.389 e. The van der Waals surface area contributed by atoms with Gasteiger partial charge in [-0.3, -0.25) is 0 Å². The fourth-order valence-corrected chi connectivity index (χ4v) is 2.42. The molecule has 0 amide bonds. The summed E-state index contributed by atoms with van der Waals surface area (Å²) >= 11 is 0. The summed E-state index contributed by atoms with van der Waals surface area (Å²) in [5, 5.41) is 10.0. The summed E-state index contributed by atoms with van der Waals surface area (Å²) in [5.41, 5.74) is 6.38. The van der Waals surface area contributed by atoms with Crippen LogP contribution in [0.1, 0.15) is 37.2 Å². The van der Waals surface area contributed by atoms with Gasteiger partial charge in [0, 0.05) is 6.54 Å². The number of benzene rings is 1. The van der Waals surface area contributed by atoms with Crippen LogP contribution in [0.15, 0.2) is 30.3 Å². The van der Waals surface area contributed by atoms with Gasteiger partial charge < -0.3 is 10.8 Å². The van der Waals surface area contributed by atoms with Gasteiger partial charge in [-0.15, -0.1) is 0 Å². The van der Waals surface area contributed by atoms with Crippen molar-refractivity contribution in [3.63, 3.8) is 0 Å². The van der Waals surface area contributed by atoms with E-state index >= 15 is 0 Å². The Bertz CT molecular complexity index is 302. The van der Waals surface area contributed by atoms with Crippen LogP contribution in [0.2, 0.25) is 0 Å². The van der Waals surface area contributed by atoms with E-state index in [0.717, 1.165) is 25.7 Å². The van der Waals surface area contributed by atoms with Crippen LogP contribution in [0.25, 0.3) is 0 Å². The summed E-state index contributed by atoms with van der Waals surface area (Å²) < 4.78 is 0. The highest BCUT2D eigenvalue weighted by molar-refractivity contribution is 5.20. The second-order valence-electron chi connectivity index (χ2n) is 4.61. The Hall–Kier alpha value is -0.860. The maximum Gasteiger partial charge on any atom is 0.0769 e. The van der Waals surface area contributed by atoms with Crippen molar-refractivity contribution in [2.45, 2.75) is 37.2 Å². The number of nitrogens with two attached hydrogens (primary N) is 1. The summed E-state index contributed by atoms with van der Waals surface area (Å²) in [7, 11) is 0. The molecular weight excluding hydrogens is 186 g/mol. The first kappa shape index (κ1) is 10.7. The second kappa shape index (κ2) is 4.33. The molecule has 1 fully saturated rings. The summed E-state index contributed by atoms with van der Waals surface area (Å²) in [6.07, 6.45) is 3.78. The lowest BCUT2D eigenvalue weighted by atomic mass is 9.76. The van der Waals surface area contributed by atoms with Crippen molar-refractivity contribution in [1.29, 1.82) is 0 Å². The van der Waals surface area contributed by atoms with Gasteiger partial charge >= 0.3 is 0 Å². The van der Waals surface area contributed by atoms with Crippen molar-refractivity contribution in [1.82, 2.24) is 0 Å². The van der Waals surface area contributed by atoms with Crippen LogP contribution in [0, 0.1) is 0 Å². The first-order valence-electron chi connectivity index (χ1n) is 5.71. The molecular formula is C13H19NO. The smallest absolute Gasteiger partial charge is 0.0769 e. The van der Waals surface area contributed by atoms with E-state index in [9.17, 15) is 5.11 Å². The van der Waals surface area contributed by atoms with Gasteiger partial charge in [0.2, 0.25) is 0 Å². The van der Waals surface area contributed by atoms with E-state index < -0.39 is 5.60 Å². The molecule has 2 heteroatoms. The lowest BCUT2D eigenvalue weighted by Gasteiger charge is -2.35. The molecule has 1 aliphatic rings. The van der Waals surface area contributed by atoms with Crippen LogP contribution in [-0.2, 0) is 0 Å². The predicted molar refractivity (Wildman–Crippen MR) is 61.7 cm³/mol. The first-order valence-corrected chi connectivity index (χ1v) is 5.71. The lowest BCUT2D eigenvalue weighted by molar-refractivity contribution is 0.00767. The third-order valence-corrected chi connectivity index (χ3v) is 3.57. The average Bonchev–Trinajstić information content (AvgIpc) is 2.31. The molecule has 0 spiro atoms. The monoisotopic (exact) mass is 205 g/mol. The predicted octanol–water partition coefficient (Wildman–Crippen LogP) is 2.03. The fraction of sp³-hybridized carbons (Fsp3) is 0.538. The highest BCUT2D eigenvalue weighted by Crippen LogP contribution is 2.37. The number of hydrogen-bond donors (Lipinski definition) is 2.